The number of methoxy groups -OCH3 is 1. The minimum atomic E-state index is -0.348. The lowest BCUT2D eigenvalue weighted by molar-refractivity contribution is -0.0300. The van der Waals surface area contributed by atoms with Crippen LogP contribution in [0.1, 0.15) is 18.7 Å². The van der Waals surface area contributed by atoms with Crippen LogP contribution in [0.2, 0.25) is 0 Å². The van der Waals surface area contributed by atoms with E-state index in [0.29, 0.717) is 5.56 Å². The Balaban J connectivity index is 1.97. The molecule has 0 aromatic carbocycles. The minimum Gasteiger partial charge on any atom is -0.456 e. The molecule has 4 atom stereocenters. The van der Waals surface area contributed by atoms with Gasteiger partial charge in [0.25, 0.3) is 5.56 Å². The lowest BCUT2D eigenvalue weighted by atomic mass is 10.0. The van der Waals surface area contributed by atoms with Crippen LogP contribution in [0.25, 0.3) is 0 Å². The fourth-order valence-corrected chi connectivity index (χ4v) is 2.59. The van der Waals surface area contributed by atoms with Crippen molar-refractivity contribution in [3.05, 3.63) is 22.1 Å². The molecule has 3 rings (SSSR count). The van der Waals surface area contributed by atoms with Gasteiger partial charge in [-0.25, -0.2) is 0 Å². The van der Waals surface area contributed by atoms with E-state index < -0.39 is 0 Å². The summed E-state index contributed by atoms with van der Waals surface area (Å²) in [6.45, 7) is 2.10. The molecule has 1 saturated heterocycles. The van der Waals surface area contributed by atoms with E-state index in [1.807, 2.05) is 6.92 Å². The van der Waals surface area contributed by atoms with E-state index in [-0.39, 0.29) is 49.1 Å². The molecule has 2 aliphatic heterocycles. The summed E-state index contributed by atoms with van der Waals surface area (Å²) in [5, 5.41) is 9.25. The zero-order chi connectivity index (χ0) is 13.6. The van der Waals surface area contributed by atoms with Crippen LogP contribution in [0.5, 0.6) is 6.01 Å². The second kappa shape index (κ2) is 4.59. The number of rotatable bonds is 3. The third kappa shape index (κ3) is 1.85. The van der Waals surface area contributed by atoms with Crippen LogP contribution < -0.4 is 10.3 Å². The van der Waals surface area contributed by atoms with Gasteiger partial charge < -0.3 is 19.3 Å². The molecular formula is C12H16N2O5. The predicted molar refractivity (Wildman–Crippen MR) is 63.8 cm³/mol. The van der Waals surface area contributed by atoms with Crippen LogP contribution in [0.15, 0.2) is 11.0 Å². The Morgan fingerprint density at radius 1 is 1.58 bits per heavy atom. The molecule has 0 bridgehead atoms. The highest BCUT2D eigenvalue weighted by Gasteiger charge is 2.49. The average molecular weight is 268 g/mol. The summed E-state index contributed by atoms with van der Waals surface area (Å²) in [6.07, 6.45) is 0.840. The van der Waals surface area contributed by atoms with Crippen molar-refractivity contribution in [3.8, 4) is 6.01 Å². The first kappa shape index (κ1) is 12.6. The quantitative estimate of drug-likeness (QED) is 0.808. The average Bonchev–Trinajstić information content (AvgIpc) is 2.88. The Morgan fingerprint density at radius 3 is 3.05 bits per heavy atom. The Kier molecular flexibility index (Phi) is 3.04. The molecule has 0 amide bonds. The normalized spacial score (nSPS) is 31.9. The lowest BCUT2D eigenvalue weighted by Crippen LogP contribution is -2.27. The van der Waals surface area contributed by atoms with Gasteiger partial charge in [0.2, 0.25) is 0 Å². The van der Waals surface area contributed by atoms with Crippen LogP contribution in [0.3, 0.4) is 0 Å². The van der Waals surface area contributed by atoms with Crippen molar-refractivity contribution in [3.63, 3.8) is 0 Å². The fourth-order valence-electron chi connectivity index (χ4n) is 2.59. The van der Waals surface area contributed by atoms with Gasteiger partial charge in [0, 0.05) is 19.2 Å². The molecule has 104 valence electrons. The van der Waals surface area contributed by atoms with E-state index >= 15 is 0 Å². The number of aliphatic hydroxyl groups is 1. The van der Waals surface area contributed by atoms with Gasteiger partial charge in [-0.3, -0.25) is 9.36 Å². The maximum absolute atomic E-state index is 11.7. The Morgan fingerprint density at radius 2 is 2.37 bits per heavy atom. The maximum atomic E-state index is 11.7. The number of aliphatic hydroxyl groups excluding tert-OH is 1. The second-order valence-corrected chi connectivity index (χ2v) is 4.88. The third-order valence-electron chi connectivity index (χ3n) is 3.68. The van der Waals surface area contributed by atoms with Gasteiger partial charge >= 0.3 is 6.01 Å². The molecule has 1 aromatic rings. The van der Waals surface area contributed by atoms with Gasteiger partial charge in [-0.1, -0.05) is 6.92 Å². The van der Waals surface area contributed by atoms with Gasteiger partial charge in [-0.05, 0) is 0 Å². The van der Waals surface area contributed by atoms with Gasteiger partial charge in [-0.15, -0.1) is 0 Å². The van der Waals surface area contributed by atoms with Crippen molar-refractivity contribution in [1.29, 1.82) is 0 Å². The molecule has 3 heterocycles. The largest absolute Gasteiger partial charge is 0.456 e. The number of aromatic nitrogens is 2. The molecule has 1 fully saturated rings. The molecule has 7 heteroatoms. The van der Waals surface area contributed by atoms with Crippen LogP contribution >= 0.6 is 0 Å². The van der Waals surface area contributed by atoms with E-state index in [2.05, 4.69) is 4.98 Å². The number of nitrogens with zero attached hydrogens (tertiary/aromatic N) is 2. The molecule has 1 aromatic heterocycles. The summed E-state index contributed by atoms with van der Waals surface area (Å²) >= 11 is 0. The van der Waals surface area contributed by atoms with Crippen molar-refractivity contribution in [2.75, 3.05) is 13.7 Å². The van der Waals surface area contributed by atoms with Crippen molar-refractivity contribution >= 4 is 0 Å². The van der Waals surface area contributed by atoms with E-state index in [4.69, 9.17) is 14.2 Å². The molecule has 0 saturated carbocycles. The lowest BCUT2D eigenvalue weighted by Gasteiger charge is -2.15. The van der Waals surface area contributed by atoms with Crippen molar-refractivity contribution in [2.24, 2.45) is 5.92 Å². The fraction of sp³-hybridized carbons (Fsp3) is 0.667. The summed E-state index contributed by atoms with van der Waals surface area (Å²) in [7, 11) is 1.52. The van der Waals surface area contributed by atoms with Crippen molar-refractivity contribution in [1.82, 2.24) is 9.55 Å². The van der Waals surface area contributed by atoms with Gasteiger partial charge in [-0.2, -0.15) is 4.98 Å². The van der Waals surface area contributed by atoms with Gasteiger partial charge in [0.15, 0.2) is 12.3 Å². The molecular weight excluding hydrogens is 252 g/mol. The summed E-state index contributed by atoms with van der Waals surface area (Å²) in [6, 6.07) is 0.267. The molecule has 0 aliphatic carbocycles. The molecule has 19 heavy (non-hydrogen) atoms. The van der Waals surface area contributed by atoms with Crippen LogP contribution in [-0.2, 0) is 16.1 Å². The molecule has 2 aliphatic rings. The SMILES string of the molecule is COCc1cn2c(nc1=O)O[C@H]1[C@H](C)[C@@H](CO)O[C@H]12. The summed E-state index contributed by atoms with van der Waals surface area (Å²) in [5.41, 5.74) is 0.110. The Labute approximate surface area is 109 Å². The van der Waals surface area contributed by atoms with E-state index in [0.717, 1.165) is 0 Å². The molecule has 0 spiro atoms. The van der Waals surface area contributed by atoms with E-state index in [1.54, 1.807) is 10.8 Å². The topological polar surface area (TPSA) is 82.8 Å². The maximum Gasteiger partial charge on any atom is 0.302 e. The monoisotopic (exact) mass is 268 g/mol. The smallest absolute Gasteiger partial charge is 0.302 e. The van der Waals surface area contributed by atoms with Gasteiger partial charge in [0.05, 0.1) is 24.9 Å². The highest BCUT2D eigenvalue weighted by molar-refractivity contribution is 5.15. The number of hydrogen-bond donors (Lipinski definition) is 1. The molecule has 0 radical (unpaired) electrons. The first-order valence-electron chi connectivity index (χ1n) is 6.19. The number of fused-ring (bicyclic) bond motifs is 3. The van der Waals surface area contributed by atoms with E-state index in [9.17, 15) is 9.90 Å². The second-order valence-electron chi connectivity index (χ2n) is 4.88. The third-order valence-corrected chi connectivity index (χ3v) is 3.68. The zero-order valence-electron chi connectivity index (χ0n) is 10.8. The molecule has 7 nitrogen and oxygen atoms in total. The summed E-state index contributed by atoms with van der Waals surface area (Å²) in [4.78, 5) is 15.6. The number of ether oxygens (including phenoxy) is 3. The zero-order valence-corrected chi connectivity index (χ0v) is 10.8. The van der Waals surface area contributed by atoms with E-state index in [1.165, 1.54) is 7.11 Å². The standard InChI is InChI=1S/C12H16N2O5/c1-6-8(4-15)18-11-9(6)19-12-13-10(16)7(5-17-2)3-14(11)12/h3,6,8-9,11,15H,4-5H2,1-2H3/t6-,8-,9+,11-/m1/s1. The van der Waals surface area contributed by atoms with Crippen LogP contribution in [0, 0.1) is 5.92 Å². The molecule has 1 N–H and O–H groups in total. The highest BCUT2D eigenvalue weighted by Crippen LogP contribution is 2.41. The minimum absolute atomic E-state index is 0.0395. The van der Waals surface area contributed by atoms with Gasteiger partial charge in [0.1, 0.15) is 0 Å². The number of hydrogen-bond acceptors (Lipinski definition) is 6. The summed E-state index contributed by atoms with van der Waals surface area (Å²) < 4.78 is 18.1. The Hall–Kier alpha value is -1.44. The first-order chi connectivity index (χ1) is 9.15. The van der Waals surface area contributed by atoms with Crippen LogP contribution in [-0.4, -0.2) is 40.6 Å². The first-order valence-corrected chi connectivity index (χ1v) is 6.19. The predicted octanol–water partition coefficient (Wildman–Crippen LogP) is -0.324. The summed E-state index contributed by atoms with van der Waals surface area (Å²) in [5.74, 6) is 0.0395. The van der Waals surface area contributed by atoms with Crippen LogP contribution in [0.4, 0.5) is 0 Å². The highest BCUT2D eigenvalue weighted by atomic mass is 16.6. The Bertz CT molecular complexity index is 543. The van der Waals surface area contributed by atoms with Crippen molar-refractivity contribution < 1.29 is 19.3 Å². The van der Waals surface area contributed by atoms with Crippen molar-refractivity contribution in [2.45, 2.75) is 32.0 Å². The molecule has 0 unspecified atom stereocenters.